The summed E-state index contributed by atoms with van der Waals surface area (Å²) >= 11 is 0. The molecule has 0 radical (unpaired) electrons. The zero-order valence-corrected chi connectivity index (χ0v) is 13.0. The van der Waals surface area contributed by atoms with Crippen molar-refractivity contribution < 1.29 is 9.53 Å². The molecule has 0 aromatic heterocycles. The number of carbonyl (C=O) groups is 1. The van der Waals surface area contributed by atoms with Gasteiger partial charge in [-0.25, -0.2) is 0 Å². The van der Waals surface area contributed by atoms with Crippen molar-refractivity contribution in [2.75, 3.05) is 6.54 Å². The van der Waals surface area contributed by atoms with E-state index in [0.717, 1.165) is 19.4 Å². The lowest BCUT2D eigenvalue weighted by molar-refractivity contribution is -0.163. The van der Waals surface area contributed by atoms with Crippen molar-refractivity contribution in [2.24, 2.45) is 5.92 Å². The van der Waals surface area contributed by atoms with Gasteiger partial charge in [0.1, 0.15) is 6.10 Å². The highest BCUT2D eigenvalue weighted by atomic mass is 16.5. The van der Waals surface area contributed by atoms with Gasteiger partial charge < -0.3 is 4.74 Å². The zero-order chi connectivity index (χ0) is 14.1. The second-order valence-corrected chi connectivity index (χ2v) is 6.99. The first kappa shape index (κ1) is 15.5. The predicted molar refractivity (Wildman–Crippen MR) is 74.5 cm³/mol. The fraction of sp³-hybridized carbons (Fsp3) is 0.933. The number of esters is 1. The summed E-state index contributed by atoms with van der Waals surface area (Å²) in [6.07, 6.45) is 1.89. The Balaban J connectivity index is 2.80. The van der Waals surface area contributed by atoms with Gasteiger partial charge in [0.15, 0.2) is 0 Å². The molecule has 1 rings (SSSR count). The molecule has 0 saturated carbocycles. The minimum atomic E-state index is -0.0726. The molecule has 1 aliphatic rings. The quantitative estimate of drug-likeness (QED) is 0.725. The Kier molecular flexibility index (Phi) is 4.47. The maximum absolute atomic E-state index is 11.7. The Hall–Kier alpha value is -0.570. The van der Waals surface area contributed by atoms with Crippen LogP contribution in [0.1, 0.15) is 61.3 Å². The fourth-order valence-corrected chi connectivity index (χ4v) is 3.47. The molecule has 0 spiro atoms. The molecule has 0 N–H and O–H groups in total. The number of rotatable bonds is 3. The van der Waals surface area contributed by atoms with Gasteiger partial charge in [-0.1, -0.05) is 20.8 Å². The van der Waals surface area contributed by atoms with Crippen LogP contribution in [-0.4, -0.2) is 34.6 Å². The number of carbonyl (C=O) groups excluding carboxylic acids is 1. The predicted octanol–water partition coefficient (Wildman–Crippen LogP) is 3.23. The summed E-state index contributed by atoms with van der Waals surface area (Å²) in [5, 5.41) is 0. The van der Waals surface area contributed by atoms with Crippen LogP contribution in [0.4, 0.5) is 0 Å². The van der Waals surface area contributed by atoms with Crippen LogP contribution >= 0.6 is 0 Å². The second kappa shape index (κ2) is 5.20. The van der Waals surface area contributed by atoms with Gasteiger partial charge in [0.25, 0.3) is 0 Å². The molecule has 1 saturated heterocycles. The Bertz CT molecular complexity index is 290. The molecular formula is C15H29NO2. The van der Waals surface area contributed by atoms with Gasteiger partial charge in [-0.15, -0.1) is 0 Å². The summed E-state index contributed by atoms with van der Waals surface area (Å²) in [6.45, 7) is 16.0. The average Bonchev–Trinajstić information content (AvgIpc) is 2.13. The van der Waals surface area contributed by atoms with Crippen molar-refractivity contribution >= 4 is 5.97 Å². The van der Waals surface area contributed by atoms with E-state index in [1.165, 1.54) is 0 Å². The topological polar surface area (TPSA) is 29.5 Å². The third-order valence-corrected chi connectivity index (χ3v) is 3.99. The number of ether oxygens (including phenoxy) is 1. The molecule has 0 atom stereocenters. The molecule has 1 aliphatic heterocycles. The van der Waals surface area contributed by atoms with Gasteiger partial charge in [-0.2, -0.15) is 0 Å². The minimum Gasteiger partial charge on any atom is -0.462 e. The second-order valence-electron chi connectivity index (χ2n) is 6.99. The molecule has 0 aromatic carbocycles. The van der Waals surface area contributed by atoms with E-state index >= 15 is 0 Å². The van der Waals surface area contributed by atoms with Crippen LogP contribution in [0.2, 0.25) is 0 Å². The Labute approximate surface area is 112 Å². The minimum absolute atomic E-state index is 0.0413. The van der Waals surface area contributed by atoms with E-state index in [-0.39, 0.29) is 29.1 Å². The smallest absolute Gasteiger partial charge is 0.308 e. The summed E-state index contributed by atoms with van der Waals surface area (Å²) in [7, 11) is 0. The number of piperidine rings is 1. The first-order valence-electron chi connectivity index (χ1n) is 7.08. The molecule has 3 heteroatoms. The van der Waals surface area contributed by atoms with Crippen LogP contribution in [0.5, 0.6) is 0 Å². The third-order valence-electron chi connectivity index (χ3n) is 3.99. The molecule has 0 amide bonds. The van der Waals surface area contributed by atoms with Crippen molar-refractivity contribution in [1.82, 2.24) is 4.90 Å². The molecule has 0 unspecified atom stereocenters. The van der Waals surface area contributed by atoms with E-state index in [9.17, 15) is 4.79 Å². The number of nitrogens with zero attached hydrogens (tertiary/aromatic N) is 1. The Morgan fingerprint density at radius 1 is 1.22 bits per heavy atom. The molecule has 0 aromatic rings. The van der Waals surface area contributed by atoms with E-state index in [2.05, 4.69) is 39.5 Å². The lowest BCUT2D eigenvalue weighted by Gasteiger charge is -2.54. The van der Waals surface area contributed by atoms with Gasteiger partial charge in [-0.3, -0.25) is 9.69 Å². The summed E-state index contributed by atoms with van der Waals surface area (Å²) in [5.74, 6) is -0.114. The average molecular weight is 255 g/mol. The lowest BCUT2D eigenvalue weighted by atomic mass is 9.78. The SMILES string of the molecule is CCN1C(C)(C)CC(OC(=O)C(C)C)CC1(C)C. The summed E-state index contributed by atoms with van der Waals surface area (Å²) < 4.78 is 5.65. The van der Waals surface area contributed by atoms with Gasteiger partial charge in [0.2, 0.25) is 0 Å². The van der Waals surface area contributed by atoms with E-state index in [1.54, 1.807) is 0 Å². The van der Waals surface area contributed by atoms with E-state index < -0.39 is 0 Å². The highest BCUT2D eigenvalue weighted by Gasteiger charge is 2.45. The number of hydrogen-bond acceptors (Lipinski definition) is 3. The van der Waals surface area contributed by atoms with Gasteiger partial charge in [0, 0.05) is 23.9 Å². The largest absolute Gasteiger partial charge is 0.462 e. The lowest BCUT2D eigenvalue weighted by Crippen LogP contribution is -2.62. The van der Waals surface area contributed by atoms with Crippen LogP contribution in [0, 0.1) is 5.92 Å². The van der Waals surface area contributed by atoms with Crippen LogP contribution in [-0.2, 0) is 9.53 Å². The third kappa shape index (κ3) is 3.25. The molecule has 1 fully saturated rings. The maximum Gasteiger partial charge on any atom is 0.308 e. The van der Waals surface area contributed by atoms with E-state index in [1.807, 2.05) is 13.8 Å². The molecule has 18 heavy (non-hydrogen) atoms. The number of hydrogen-bond donors (Lipinski definition) is 0. The van der Waals surface area contributed by atoms with E-state index in [4.69, 9.17) is 4.74 Å². The van der Waals surface area contributed by atoms with Gasteiger partial charge in [0.05, 0.1) is 5.92 Å². The maximum atomic E-state index is 11.7. The first-order chi connectivity index (χ1) is 8.10. The molecule has 0 aliphatic carbocycles. The summed E-state index contributed by atoms with van der Waals surface area (Å²) in [5.41, 5.74) is 0.164. The molecule has 1 heterocycles. The molecule has 0 bridgehead atoms. The van der Waals surface area contributed by atoms with Gasteiger partial charge >= 0.3 is 5.97 Å². The molecular weight excluding hydrogens is 226 g/mol. The van der Waals surface area contributed by atoms with Crippen molar-refractivity contribution in [3.8, 4) is 0 Å². The first-order valence-corrected chi connectivity index (χ1v) is 7.08. The standard InChI is InChI=1S/C15H29NO2/c1-8-16-14(4,5)9-12(10-15(16,6)7)18-13(17)11(2)3/h11-12H,8-10H2,1-7H3. The van der Waals surface area contributed by atoms with E-state index in [0.29, 0.717) is 0 Å². The Morgan fingerprint density at radius 2 is 1.67 bits per heavy atom. The highest BCUT2D eigenvalue weighted by molar-refractivity contribution is 5.71. The zero-order valence-electron chi connectivity index (χ0n) is 13.0. The molecule has 3 nitrogen and oxygen atoms in total. The molecule has 106 valence electrons. The van der Waals surface area contributed by atoms with Crippen LogP contribution in [0.3, 0.4) is 0 Å². The van der Waals surface area contributed by atoms with Crippen molar-refractivity contribution in [3.05, 3.63) is 0 Å². The normalized spacial score (nSPS) is 24.2. The summed E-state index contributed by atoms with van der Waals surface area (Å²) in [6, 6.07) is 0. The fourth-order valence-electron chi connectivity index (χ4n) is 3.47. The van der Waals surface area contributed by atoms with Crippen LogP contribution in [0.25, 0.3) is 0 Å². The van der Waals surface area contributed by atoms with Crippen molar-refractivity contribution in [3.63, 3.8) is 0 Å². The van der Waals surface area contributed by atoms with Crippen LogP contribution in [0.15, 0.2) is 0 Å². The monoisotopic (exact) mass is 255 g/mol. The van der Waals surface area contributed by atoms with Crippen LogP contribution < -0.4 is 0 Å². The summed E-state index contributed by atoms with van der Waals surface area (Å²) in [4.78, 5) is 14.3. The van der Waals surface area contributed by atoms with Crippen molar-refractivity contribution in [1.29, 1.82) is 0 Å². The van der Waals surface area contributed by atoms with Crippen molar-refractivity contribution in [2.45, 2.75) is 78.5 Å². The number of likely N-dealkylation sites (tertiary alicyclic amines) is 1. The highest BCUT2D eigenvalue weighted by Crippen LogP contribution is 2.39. The Morgan fingerprint density at radius 3 is 2.00 bits per heavy atom. The van der Waals surface area contributed by atoms with Gasteiger partial charge in [-0.05, 0) is 34.2 Å².